The molecule has 1 aliphatic heterocycles. The summed E-state index contributed by atoms with van der Waals surface area (Å²) in [7, 11) is 1.78. The number of rotatable bonds is 5. The van der Waals surface area contributed by atoms with Gasteiger partial charge in [-0.2, -0.15) is 0 Å². The van der Waals surface area contributed by atoms with Crippen molar-refractivity contribution in [2.24, 2.45) is 16.7 Å². The number of nitrogens with zero attached hydrogens (tertiary/aromatic N) is 3. The fraction of sp³-hybridized carbons (Fsp3) is 0.636. The molecule has 1 saturated heterocycles. The van der Waals surface area contributed by atoms with Crippen LogP contribution in [0.15, 0.2) is 24.3 Å². The van der Waals surface area contributed by atoms with E-state index in [1.54, 1.807) is 7.11 Å². The van der Waals surface area contributed by atoms with Crippen molar-refractivity contribution in [1.82, 2.24) is 14.5 Å². The summed E-state index contributed by atoms with van der Waals surface area (Å²) in [6, 6.07) is 8.19. The summed E-state index contributed by atoms with van der Waals surface area (Å²) < 4.78 is 7.71. The van der Waals surface area contributed by atoms with Crippen molar-refractivity contribution in [2.45, 2.75) is 45.6 Å². The van der Waals surface area contributed by atoms with E-state index in [1.165, 1.54) is 12.8 Å². The first kappa shape index (κ1) is 17.2. The van der Waals surface area contributed by atoms with E-state index in [2.05, 4.69) is 29.4 Å². The Hall–Kier alpha value is -1.88. The molecule has 5 heteroatoms. The van der Waals surface area contributed by atoms with Crippen molar-refractivity contribution in [3.05, 3.63) is 30.1 Å². The third-order valence-electron chi connectivity index (χ3n) is 7.10. The van der Waals surface area contributed by atoms with Crippen LogP contribution < -0.4 is 0 Å². The molecule has 1 aromatic heterocycles. The zero-order valence-electron chi connectivity index (χ0n) is 16.6. The molecule has 0 unspecified atom stereocenters. The van der Waals surface area contributed by atoms with Crippen molar-refractivity contribution in [1.29, 1.82) is 0 Å². The van der Waals surface area contributed by atoms with Crippen LogP contribution in [0.3, 0.4) is 0 Å². The highest BCUT2D eigenvalue weighted by atomic mass is 16.5. The number of para-hydroxylation sites is 2. The van der Waals surface area contributed by atoms with Gasteiger partial charge in [-0.05, 0) is 42.7 Å². The number of hydrogen-bond donors (Lipinski definition) is 0. The minimum absolute atomic E-state index is 0.157. The predicted octanol–water partition coefficient (Wildman–Crippen LogP) is 3.43. The number of benzene rings is 1. The molecule has 0 radical (unpaired) electrons. The summed E-state index contributed by atoms with van der Waals surface area (Å²) in [6.45, 7) is 7.51. The van der Waals surface area contributed by atoms with Crippen LogP contribution in [0.2, 0.25) is 0 Å². The van der Waals surface area contributed by atoms with Gasteiger partial charge in [0.25, 0.3) is 0 Å². The molecule has 144 valence electrons. The first-order valence-corrected chi connectivity index (χ1v) is 10.2. The monoisotopic (exact) mass is 367 g/mol. The van der Waals surface area contributed by atoms with Gasteiger partial charge >= 0.3 is 0 Å². The number of fused-ring (bicyclic) bond motifs is 2. The predicted molar refractivity (Wildman–Crippen MR) is 104 cm³/mol. The normalized spacial score (nSPS) is 29.0. The Kier molecular flexibility index (Phi) is 3.71. The fourth-order valence-electron chi connectivity index (χ4n) is 5.95. The van der Waals surface area contributed by atoms with Gasteiger partial charge in [0.15, 0.2) is 0 Å². The van der Waals surface area contributed by atoms with Crippen molar-refractivity contribution in [3.8, 4) is 0 Å². The van der Waals surface area contributed by atoms with Crippen molar-refractivity contribution in [3.63, 3.8) is 0 Å². The maximum Gasteiger partial charge on any atom is 0.242 e. The second-order valence-electron chi connectivity index (χ2n) is 9.61. The lowest BCUT2D eigenvalue weighted by Crippen LogP contribution is -2.55. The van der Waals surface area contributed by atoms with Gasteiger partial charge < -0.3 is 14.2 Å². The number of amides is 1. The highest BCUT2D eigenvalue weighted by molar-refractivity contribution is 5.81. The largest absolute Gasteiger partial charge is 0.384 e. The molecular weight excluding hydrogens is 338 g/mol. The third-order valence-corrected chi connectivity index (χ3v) is 7.10. The molecule has 2 aromatic rings. The lowest BCUT2D eigenvalue weighted by Gasteiger charge is -2.56. The van der Waals surface area contributed by atoms with Crippen molar-refractivity contribution < 1.29 is 9.53 Å². The molecule has 0 bridgehead atoms. The molecule has 3 aliphatic rings. The van der Waals surface area contributed by atoms with Crippen LogP contribution in [-0.2, 0) is 16.1 Å². The first-order chi connectivity index (χ1) is 12.9. The summed E-state index contributed by atoms with van der Waals surface area (Å²) in [4.78, 5) is 20.2. The van der Waals surface area contributed by atoms with Crippen LogP contribution in [0.5, 0.6) is 0 Å². The number of likely N-dealkylation sites (tertiary alicyclic amines) is 1. The molecule has 3 fully saturated rings. The maximum atomic E-state index is 13.3. The lowest BCUT2D eigenvalue weighted by molar-refractivity contribution is -0.131. The van der Waals surface area contributed by atoms with E-state index >= 15 is 0 Å². The zero-order chi connectivity index (χ0) is 18.8. The van der Waals surface area contributed by atoms with E-state index in [0.29, 0.717) is 23.8 Å². The molecule has 5 rings (SSSR count). The summed E-state index contributed by atoms with van der Waals surface area (Å²) in [5, 5.41) is 0. The smallest absolute Gasteiger partial charge is 0.242 e. The van der Waals surface area contributed by atoms with Gasteiger partial charge in [-0.3, -0.25) is 4.79 Å². The summed E-state index contributed by atoms with van der Waals surface area (Å²) in [5.41, 5.74) is 2.55. The van der Waals surface area contributed by atoms with Gasteiger partial charge in [0.2, 0.25) is 5.91 Å². The van der Waals surface area contributed by atoms with Gasteiger partial charge in [0.05, 0.1) is 17.6 Å². The highest BCUT2D eigenvalue weighted by Crippen LogP contribution is 2.62. The SMILES string of the molecule is COC[C@@]12CN(C(=O)Cn3c(C4CC4)nc4ccccc43)C[C@@H]1C(C)(C)C2. The molecule has 2 atom stereocenters. The Labute approximate surface area is 160 Å². The molecule has 5 nitrogen and oxygen atoms in total. The van der Waals surface area contributed by atoms with E-state index in [0.717, 1.165) is 43.0 Å². The highest BCUT2D eigenvalue weighted by Gasteiger charge is 2.63. The Morgan fingerprint density at radius 2 is 2.07 bits per heavy atom. The Morgan fingerprint density at radius 3 is 2.78 bits per heavy atom. The molecule has 0 spiro atoms. The van der Waals surface area contributed by atoms with E-state index in [-0.39, 0.29) is 11.3 Å². The molecule has 2 saturated carbocycles. The minimum Gasteiger partial charge on any atom is -0.384 e. The minimum atomic E-state index is 0.157. The number of ether oxygens (including phenoxy) is 1. The zero-order valence-corrected chi connectivity index (χ0v) is 16.6. The quantitative estimate of drug-likeness (QED) is 0.813. The van der Waals surface area contributed by atoms with Gasteiger partial charge in [-0.25, -0.2) is 4.98 Å². The number of carbonyl (C=O) groups is 1. The summed E-state index contributed by atoms with van der Waals surface area (Å²) in [6.07, 6.45) is 3.52. The Bertz CT molecular complexity index is 898. The molecule has 2 heterocycles. The first-order valence-electron chi connectivity index (χ1n) is 10.2. The van der Waals surface area contributed by atoms with E-state index in [9.17, 15) is 4.79 Å². The Morgan fingerprint density at radius 1 is 1.30 bits per heavy atom. The molecule has 2 aliphatic carbocycles. The Balaban J connectivity index is 1.40. The van der Waals surface area contributed by atoms with Crippen LogP contribution in [0, 0.1) is 16.7 Å². The number of hydrogen-bond acceptors (Lipinski definition) is 3. The molecule has 27 heavy (non-hydrogen) atoms. The second kappa shape index (κ2) is 5.81. The number of carbonyl (C=O) groups excluding carboxylic acids is 1. The maximum absolute atomic E-state index is 13.3. The van der Waals surface area contributed by atoms with Crippen molar-refractivity contribution in [2.75, 3.05) is 26.8 Å². The van der Waals surface area contributed by atoms with E-state index < -0.39 is 0 Å². The van der Waals surface area contributed by atoms with Gasteiger partial charge in [0, 0.05) is 31.5 Å². The average Bonchev–Trinajstić information content (AvgIpc) is 3.33. The topological polar surface area (TPSA) is 47.4 Å². The molecule has 1 aromatic carbocycles. The number of imidazole rings is 1. The summed E-state index contributed by atoms with van der Waals surface area (Å²) in [5.74, 6) is 2.38. The number of aromatic nitrogens is 2. The van der Waals surface area contributed by atoms with Crippen LogP contribution in [0.1, 0.15) is 44.9 Å². The van der Waals surface area contributed by atoms with E-state index in [4.69, 9.17) is 9.72 Å². The summed E-state index contributed by atoms with van der Waals surface area (Å²) >= 11 is 0. The van der Waals surface area contributed by atoms with Crippen LogP contribution >= 0.6 is 0 Å². The second-order valence-corrected chi connectivity index (χ2v) is 9.61. The standard InChI is InChI=1S/C22H29N3O2/c1-21(2)12-22(14-27-3)13-24(10-18(21)22)19(26)11-25-17-7-5-4-6-16(17)23-20(25)15-8-9-15/h4-7,15,18H,8-14H2,1-3H3/t18-,22-/m1/s1. The molecule has 0 N–H and O–H groups in total. The number of methoxy groups -OCH3 is 1. The van der Waals surface area contributed by atoms with Gasteiger partial charge in [-0.1, -0.05) is 26.0 Å². The fourth-order valence-corrected chi connectivity index (χ4v) is 5.95. The van der Waals surface area contributed by atoms with Crippen LogP contribution in [0.25, 0.3) is 11.0 Å². The van der Waals surface area contributed by atoms with Crippen LogP contribution in [0.4, 0.5) is 0 Å². The lowest BCUT2D eigenvalue weighted by atomic mass is 9.48. The van der Waals surface area contributed by atoms with Gasteiger partial charge in [0.1, 0.15) is 12.4 Å². The third kappa shape index (κ3) is 2.62. The molecule has 1 amide bonds. The van der Waals surface area contributed by atoms with Crippen LogP contribution in [-0.4, -0.2) is 47.2 Å². The molecular formula is C22H29N3O2. The average molecular weight is 367 g/mol. The van der Waals surface area contributed by atoms with E-state index in [1.807, 2.05) is 18.2 Å². The van der Waals surface area contributed by atoms with Crippen molar-refractivity contribution >= 4 is 16.9 Å². The van der Waals surface area contributed by atoms with Gasteiger partial charge in [-0.15, -0.1) is 0 Å².